The molecule has 9 heteroatoms. The minimum atomic E-state index is -4.45. The predicted molar refractivity (Wildman–Crippen MR) is 122 cm³/mol. The molecular weight excluding hydrogens is 435 g/mol. The largest absolute Gasteiger partial charge is 0.497 e. The van der Waals surface area contributed by atoms with Crippen LogP contribution in [0.1, 0.15) is 17.5 Å². The van der Waals surface area contributed by atoms with Gasteiger partial charge in [-0.25, -0.2) is 4.98 Å². The van der Waals surface area contributed by atoms with E-state index in [1.165, 1.54) is 6.07 Å². The summed E-state index contributed by atoms with van der Waals surface area (Å²) in [6, 6.07) is 10.9. The van der Waals surface area contributed by atoms with Crippen molar-refractivity contribution in [1.82, 2.24) is 4.98 Å². The minimum absolute atomic E-state index is 0.0277. The van der Waals surface area contributed by atoms with Crippen LogP contribution >= 0.6 is 0 Å². The summed E-state index contributed by atoms with van der Waals surface area (Å²) in [6.45, 7) is 1.83. The van der Waals surface area contributed by atoms with E-state index >= 15 is 0 Å². The average Bonchev–Trinajstić information content (AvgIpc) is 3.22. The Kier molecular flexibility index (Phi) is 6.51. The summed E-state index contributed by atoms with van der Waals surface area (Å²) in [6.07, 6.45) is -3.20. The second kappa shape index (κ2) is 9.35. The van der Waals surface area contributed by atoms with E-state index in [1.807, 2.05) is 31.2 Å². The van der Waals surface area contributed by atoms with Crippen molar-refractivity contribution in [3.63, 3.8) is 0 Å². The summed E-state index contributed by atoms with van der Waals surface area (Å²) in [5.74, 6) is 1.43. The van der Waals surface area contributed by atoms with Crippen molar-refractivity contribution in [3.8, 4) is 11.5 Å². The molecule has 0 fully saturated rings. The third-order valence-electron chi connectivity index (χ3n) is 5.62. The number of rotatable bonds is 8. The van der Waals surface area contributed by atoms with Gasteiger partial charge in [0.25, 0.3) is 0 Å². The Morgan fingerprint density at radius 1 is 1.21 bits per heavy atom. The van der Waals surface area contributed by atoms with Gasteiger partial charge in [0.2, 0.25) is 0 Å². The number of alkyl halides is 3. The molecule has 4 rings (SSSR count). The highest BCUT2D eigenvalue weighted by atomic mass is 19.4. The van der Waals surface area contributed by atoms with E-state index in [0.29, 0.717) is 30.8 Å². The number of fused-ring (bicyclic) bond motifs is 3. The number of para-hydroxylation sites is 1. The van der Waals surface area contributed by atoms with Gasteiger partial charge in [0, 0.05) is 36.3 Å². The molecule has 0 amide bonds. The lowest BCUT2D eigenvalue weighted by molar-refractivity contribution is -0.153. The van der Waals surface area contributed by atoms with Crippen LogP contribution in [0.3, 0.4) is 0 Å². The first-order valence-electron chi connectivity index (χ1n) is 10.7. The molecule has 2 aromatic carbocycles. The maximum atomic E-state index is 12.8. The number of anilines is 3. The Bertz CT molecular complexity index is 1150. The highest BCUT2D eigenvalue weighted by Crippen LogP contribution is 2.45. The van der Waals surface area contributed by atoms with Crippen LogP contribution < -0.4 is 19.7 Å². The molecule has 0 saturated carbocycles. The standard InChI is InChI=1S/C24H26F3N3O3/c1-15-13-16(32-2)7-8-19(15)30-11-9-18-22(30)17-5-3-6-20(33-14-24(25,26)27)21(17)29-23(18)28-10-4-12-31/h3,5-8,13,31H,4,9-12,14H2,1-2H3,(H,28,29). The molecular formula is C24H26F3N3O3. The number of nitrogens with zero attached hydrogens (tertiary/aromatic N) is 2. The van der Waals surface area contributed by atoms with Gasteiger partial charge in [0.15, 0.2) is 6.61 Å². The molecule has 1 aromatic heterocycles. The smallest absolute Gasteiger partial charge is 0.422 e. The first-order chi connectivity index (χ1) is 15.8. The molecule has 1 aliphatic heterocycles. The second-order valence-corrected chi connectivity index (χ2v) is 7.90. The number of pyridine rings is 1. The maximum Gasteiger partial charge on any atom is 0.422 e. The Balaban J connectivity index is 1.85. The third kappa shape index (κ3) is 4.78. The lowest BCUT2D eigenvalue weighted by Crippen LogP contribution is -2.19. The van der Waals surface area contributed by atoms with E-state index in [4.69, 9.17) is 14.6 Å². The number of methoxy groups -OCH3 is 1. The number of aromatic nitrogens is 1. The van der Waals surface area contributed by atoms with Crippen molar-refractivity contribution in [3.05, 3.63) is 47.5 Å². The molecule has 1 aliphatic rings. The highest BCUT2D eigenvalue weighted by Gasteiger charge is 2.31. The fraction of sp³-hybridized carbons (Fsp3) is 0.375. The maximum absolute atomic E-state index is 12.8. The number of ether oxygens (including phenoxy) is 2. The van der Waals surface area contributed by atoms with E-state index in [1.54, 1.807) is 13.2 Å². The molecule has 0 saturated heterocycles. The predicted octanol–water partition coefficient (Wildman–Crippen LogP) is 4.98. The summed E-state index contributed by atoms with van der Waals surface area (Å²) in [4.78, 5) is 6.83. The normalized spacial score (nSPS) is 13.3. The monoisotopic (exact) mass is 461 g/mol. The van der Waals surface area contributed by atoms with Crippen molar-refractivity contribution < 1.29 is 27.8 Å². The van der Waals surface area contributed by atoms with Gasteiger partial charge in [-0.05, 0) is 49.6 Å². The molecule has 0 unspecified atom stereocenters. The van der Waals surface area contributed by atoms with Crippen LogP contribution in [0.4, 0.5) is 30.4 Å². The number of aliphatic hydroxyl groups excluding tert-OH is 1. The van der Waals surface area contributed by atoms with Crippen molar-refractivity contribution in [1.29, 1.82) is 0 Å². The molecule has 0 bridgehead atoms. The minimum Gasteiger partial charge on any atom is -0.497 e. The third-order valence-corrected chi connectivity index (χ3v) is 5.62. The fourth-order valence-electron chi connectivity index (χ4n) is 4.17. The van der Waals surface area contributed by atoms with Crippen LogP contribution in [-0.2, 0) is 6.42 Å². The molecule has 0 atom stereocenters. The number of halogens is 3. The average molecular weight is 461 g/mol. The highest BCUT2D eigenvalue weighted by molar-refractivity contribution is 6.02. The van der Waals surface area contributed by atoms with E-state index in [0.717, 1.165) is 40.1 Å². The zero-order valence-electron chi connectivity index (χ0n) is 18.5. The van der Waals surface area contributed by atoms with Crippen LogP contribution in [0.2, 0.25) is 0 Å². The Labute approximate surface area is 189 Å². The van der Waals surface area contributed by atoms with Gasteiger partial charge in [0.1, 0.15) is 22.8 Å². The van der Waals surface area contributed by atoms with Gasteiger partial charge in [-0.1, -0.05) is 12.1 Å². The molecule has 176 valence electrons. The number of benzene rings is 2. The molecule has 0 spiro atoms. The topological polar surface area (TPSA) is 66.9 Å². The summed E-state index contributed by atoms with van der Waals surface area (Å²) < 4.78 is 49.0. The molecule has 0 radical (unpaired) electrons. The zero-order valence-corrected chi connectivity index (χ0v) is 18.5. The number of hydrogen-bond donors (Lipinski definition) is 2. The molecule has 3 aromatic rings. The van der Waals surface area contributed by atoms with E-state index in [-0.39, 0.29) is 12.4 Å². The first kappa shape index (κ1) is 23.0. The summed E-state index contributed by atoms with van der Waals surface area (Å²) in [5.41, 5.74) is 4.27. The molecule has 2 N–H and O–H groups in total. The summed E-state index contributed by atoms with van der Waals surface area (Å²) in [5, 5.41) is 13.1. The summed E-state index contributed by atoms with van der Waals surface area (Å²) >= 11 is 0. The quantitative estimate of drug-likeness (QED) is 0.461. The van der Waals surface area contributed by atoms with Gasteiger partial charge in [0.05, 0.1) is 12.8 Å². The van der Waals surface area contributed by atoms with Crippen molar-refractivity contribution in [2.45, 2.75) is 25.9 Å². The van der Waals surface area contributed by atoms with Crippen molar-refractivity contribution >= 4 is 28.1 Å². The number of aryl methyl sites for hydroxylation is 1. The Morgan fingerprint density at radius 2 is 2.03 bits per heavy atom. The van der Waals surface area contributed by atoms with Crippen LogP contribution in [0.5, 0.6) is 11.5 Å². The van der Waals surface area contributed by atoms with Crippen LogP contribution in [0, 0.1) is 6.92 Å². The van der Waals surface area contributed by atoms with Gasteiger partial charge < -0.3 is 24.8 Å². The Morgan fingerprint density at radius 3 is 2.73 bits per heavy atom. The zero-order chi connectivity index (χ0) is 23.6. The molecule has 6 nitrogen and oxygen atoms in total. The van der Waals surface area contributed by atoms with Crippen molar-refractivity contribution in [2.75, 3.05) is 43.6 Å². The molecule has 2 heterocycles. The second-order valence-electron chi connectivity index (χ2n) is 7.90. The number of nitrogens with one attached hydrogen (secondary N) is 1. The first-order valence-corrected chi connectivity index (χ1v) is 10.7. The van der Waals surface area contributed by atoms with Gasteiger partial charge in [-0.15, -0.1) is 0 Å². The number of hydrogen-bond acceptors (Lipinski definition) is 6. The molecule has 33 heavy (non-hydrogen) atoms. The van der Waals surface area contributed by atoms with E-state index < -0.39 is 12.8 Å². The van der Waals surface area contributed by atoms with E-state index in [2.05, 4.69) is 15.2 Å². The van der Waals surface area contributed by atoms with Crippen LogP contribution in [0.15, 0.2) is 36.4 Å². The summed E-state index contributed by atoms with van der Waals surface area (Å²) in [7, 11) is 1.62. The molecule has 0 aliphatic carbocycles. The van der Waals surface area contributed by atoms with Gasteiger partial charge in [-0.2, -0.15) is 13.2 Å². The van der Waals surface area contributed by atoms with Gasteiger partial charge >= 0.3 is 6.18 Å². The van der Waals surface area contributed by atoms with Gasteiger partial charge in [-0.3, -0.25) is 0 Å². The lowest BCUT2D eigenvalue weighted by Gasteiger charge is -2.24. The van der Waals surface area contributed by atoms with Crippen LogP contribution in [-0.4, -0.2) is 49.7 Å². The van der Waals surface area contributed by atoms with E-state index in [9.17, 15) is 13.2 Å². The SMILES string of the molecule is COc1ccc(N2CCc3c(NCCCO)nc4c(OCC(F)(F)F)cccc4c32)c(C)c1. The number of aliphatic hydroxyl groups is 1. The van der Waals surface area contributed by atoms with Crippen LogP contribution in [0.25, 0.3) is 10.9 Å². The Hall–Kier alpha value is -3.20. The fourth-order valence-corrected chi connectivity index (χ4v) is 4.17. The van der Waals surface area contributed by atoms with Crippen molar-refractivity contribution in [2.24, 2.45) is 0 Å². The lowest BCUT2D eigenvalue weighted by atomic mass is 10.1.